The molecule has 2 heterocycles. The summed E-state index contributed by atoms with van der Waals surface area (Å²) >= 11 is 0. The number of nitrogens with zero attached hydrogens (tertiary/aromatic N) is 2. The summed E-state index contributed by atoms with van der Waals surface area (Å²) in [5, 5.41) is 5.21. The second-order valence-corrected chi connectivity index (χ2v) is 7.85. The molecule has 0 radical (unpaired) electrons. The molecule has 2 aromatic rings. The number of rotatable bonds is 6. The van der Waals surface area contributed by atoms with Gasteiger partial charge < -0.3 is 18.9 Å². The van der Waals surface area contributed by atoms with Crippen molar-refractivity contribution in [3.8, 4) is 0 Å². The average molecular weight is 400 g/mol. The third-order valence-corrected chi connectivity index (χ3v) is 5.93. The lowest BCUT2D eigenvalue weighted by Gasteiger charge is -2.40. The summed E-state index contributed by atoms with van der Waals surface area (Å²) in [7, 11) is 1.73. The first-order valence-corrected chi connectivity index (χ1v) is 10.5. The van der Waals surface area contributed by atoms with Crippen LogP contribution in [0.15, 0.2) is 46.3 Å². The maximum atomic E-state index is 13.6. The number of benzene rings is 1. The van der Waals surface area contributed by atoms with E-state index in [9.17, 15) is 4.39 Å². The van der Waals surface area contributed by atoms with Crippen LogP contribution in [0.3, 0.4) is 0 Å². The van der Waals surface area contributed by atoms with Crippen molar-refractivity contribution in [3.63, 3.8) is 0 Å². The Balaban J connectivity index is 1.69. The number of allylic oxidation sites excluding steroid dienone is 1. The minimum absolute atomic E-state index is 0.0211. The molecular weight excluding hydrogens is 371 g/mol. The Morgan fingerprint density at radius 2 is 2.17 bits per heavy atom. The maximum Gasteiger partial charge on any atom is 0.170 e. The number of hydrogen-bond donors (Lipinski definition) is 0. The SMILES string of the molecule is CCCOC1C=CC(N2CCCCC2c2noc3cc(F)ccc23)=C(OC)C1C. The Kier molecular flexibility index (Phi) is 5.90. The monoisotopic (exact) mass is 400 g/mol. The molecule has 5 nitrogen and oxygen atoms in total. The van der Waals surface area contributed by atoms with E-state index in [2.05, 4.69) is 36.1 Å². The van der Waals surface area contributed by atoms with Crippen molar-refractivity contribution in [1.29, 1.82) is 0 Å². The van der Waals surface area contributed by atoms with E-state index in [-0.39, 0.29) is 23.9 Å². The highest BCUT2D eigenvalue weighted by Crippen LogP contribution is 2.40. The molecule has 1 aromatic carbocycles. The Morgan fingerprint density at radius 1 is 1.31 bits per heavy atom. The minimum atomic E-state index is -0.313. The zero-order valence-corrected chi connectivity index (χ0v) is 17.4. The third kappa shape index (κ3) is 3.78. The van der Waals surface area contributed by atoms with Gasteiger partial charge in [-0.3, -0.25) is 0 Å². The first-order chi connectivity index (χ1) is 14.1. The van der Waals surface area contributed by atoms with E-state index >= 15 is 0 Å². The van der Waals surface area contributed by atoms with Gasteiger partial charge in [0.2, 0.25) is 0 Å². The largest absolute Gasteiger partial charge is 0.499 e. The van der Waals surface area contributed by atoms with Crippen LogP contribution in [0, 0.1) is 11.7 Å². The molecule has 0 spiro atoms. The van der Waals surface area contributed by atoms with Crippen LogP contribution in [0.5, 0.6) is 0 Å². The van der Waals surface area contributed by atoms with Gasteiger partial charge in [-0.05, 0) is 43.9 Å². The number of halogens is 1. The zero-order valence-electron chi connectivity index (χ0n) is 17.4. The van der Waals surface area contributed by atoms with Crippen LogP contribution in [0.2, 0.25) is 0 Å². The number of piperidine rings is 1. The highest BCUT2D eigenvalue weighted by Gasteiger charge is 2.35. The topological polar surface area (TPSA) is 47.7 Å². The van der Waals surface area contributed by atoms with Gasteiger partial charge in [-0.2, -0.15) is 0 Å². The van der Waals surface area contributed by atoms with Crippen molar-refractivity contribution in [3.05, 3.63) is 53.3 Å². The van der Waals surface area contributed by atoms with Gasteiger partial charge in [0.1, 0.15) is 17.3 Å². The molecule has 0 saturated carbocycles. The lowest BCUT2D eigenvalue weighted by atomic mass is 9.91. The Hall–Kier alpha value is -2.34. The number of aromatic nitrogens is 1. The van der Waals surface area contributed by atoms with Gasteiger partial charge >= 0.3 is 0 Å². The standard InChI is InChI=1S/C23H29FN2O3/c1-4-13-28-20-11-10-19(23(27-3)15(20)2)26-12-6-5-7-18(26)22-17-9-8-16(24)14-21(17)29-25-22/h8-11,14-15,18,20H,4-7,12-13H2,1-3H3. The first kappa shape index (κ1) is 20.0. The minimum Gasteiger partial charge on any atom is -0.499 e. The normalized spacial score (nSPS) is 25.1. The average Bonchev–Trinajstić information content (AvgIpc) is 3.15. The fourth-order valence-corrected chi connectivity index (χ4v) is 4.47. The quantitative estimate of drug-likeness (QED) is 0.654. The summed E-state index contributed by atoms with van der Waals surface area (Å²) < 4.78 is 30.9. The summed E-state index contributed by atoms with van der Waals surface area (Å²) in [6, 6.07) is 4.70. The highest BCUT2D eigenvalue weighted by molar-refractivity contribution is 5.79. The van der Waals surface area contributed by atoms with Crippen molar-refractivity contribution < 1.29 is 18.4 Å². The third-order valence-electron chi connectivity index (χ3n) is 5.93. The molecule has 1 fully saturated rings. The molecule has 1 aliphatic carbocycles. The second-order valence-electron chi connectivity index (χ2n) is 7.85. The van der Waals surface area contributed by atoms with Crippen molar-refractivity contribution >= 4 is 11.0 Å². The molecule has 1 aliphatic heterocycles. The zero-order chi connectivity index (χ0) is 20.4. The van der Waals surface area contributed by atoms with Crippen molar-refractivity contribution in [2.24, 2.45) is 5.92 Å². The van der Waals surface area contributed by atoms with Crippen LogP contribution in [-0.2, 0) is 9.47 Å². The van der Waals surface area contributed by atoms with Gasteiger partial charge in [0.25, 0.3) is 0 Å². The van der Waals surface area contributed by atoms with Crippen molar-refractivity contribution in [2.45, 2.75) is 51.7 Å². The van der Waals surface area contributed by atoms with Crippen LogP contribution in [-0.4, -0.2) is 36.4 Å². The van der Waals surface area contributed by atoms with E-state index in [1.807, 2.05) is 0 Å². The molecule has 29 heavy (non-hydrogen) atoms. The van der Waals surface area contributed by atoms with E-state index in [4.69, 9.17) is 14.0 Å². The molecule has 3 unspecified atom stereocenters. The smallest absolute Gasteiger partial charge is 0.170 e. The van der Waals surface area contributed by atoms with Gasteiger partial charge in [-0.1, -0.05) is 25.1 Å². The van der Waals surface area contributed by atoms with Crippen molar-refractivity contribution in [2.75, 3.05) is 20.3 Å². The molecule has 1 aromatic heterocycles. The molecule has 3 atom stereocenters. The van der Waals surface area contributed by atoms with E-state index in [0.717, 1.165) is 61.4 Å². The van der Waals surface area contributed by atoms with Gasteiger partial charge in [0.15, 0.2) is 5.58 Å². The van der Waals surface area contributed by atoms with Crippen LogP contribution in [0.4, 0.5) is 4.39 Å². The number of methoxy groups -OCH3 is 1. The fraction of sp³-hybridized carbons (Fsp3) is 0.522. The fourth-order valence-electron chi connectivity index (χ4n) is 4.47. The maximum absolute atomic E-state index is 13.6. The Morgan fingerprint density at radius 3 is 2.97 bits per heavy atom. The Bertz CT molecular complexity index is 920. The van der Waals surface area contributed by atoms with Crippen LogP contribution < -0.4 is 0 Å². The van der Waals surface area contributed by atoms with E-state index in [0.29, 0.717) is 5.58 Å². The van der Waals surface area contributed by atoms with Gasteiger partial charge in [-0.25, -0.2) is 4.39 Å². The van der Waals surface area contributed by atoms with Crippen LogP contribution in [0.1, 0.15) is 51.3 Å². The molecule has 0 bridgehead atoms. The highest BCUT2D eigenvalue weighted by atomic mass is 19.1. The summed E-state index contributed by atoms with van der Waals surface area (Å²) in [6.45, 7) is 5.91. The molecule has 6 heteroatoms. The van der Waals surface area contributed by atoms with Crippen molar-refractivity contribution in [1.82, 2.24) is 10.1 Å². The number of ether oxygens (including phenoxy) is 2. The molecule has 1 saturated heterocycles. The van der Waals surface area contributed by atoms with E-state index in [1.54, 1.807) is 13.2 Å². The summed E-state index contributed by atoms with van der Waals surface area (Å²) in [4.78, 5) is 2.37. The summed E-state index contributed by atoms with van der Waals surface area (Å²) in [5.74, 6) is 0.767. The Labute approximate surface area is 171 Å². The lowest BCUT2D eigenvalue weighted by molar-refractivity contribution is 0.0369. The molecule has 156 valence electrons. The number of fused-ring (bicyclic) bond motifs is 1. The summed E-state index contributed by atoms with van der Waals surface area (Å²) in [6.07, 6.45) is 8.47. The van der Waals surface area contributed by atoms with Gasteiger partial charge in [0, 0.05) is 30.5 Å². The predicted octanol–water partition coefficient (Wildman–Crippen LogP) is 5.35. The number of hydrogen-bond acceptors (Lipinski definition) is 5. The predicted molar refractivity (Wildman–Crippen MR) is 110 cm³/mol. The van der Waals surface area contributed by atoms with Gasteiger partial charge in [0.05, 0.1) is 25.0 Å². The van der Waals surface area contributed by atoms with Gasteiger partial charge in [-0.15, -0.1) is 0 Å². The van der Waals surface area contributed by atoms with Crippen LogP contribution >= 0.6 is 0 Å². The molecule has 2 aliphatic rings. The molecule has 0 N–H and O–H groups in total. The first-order valence-electron chi connectivity index (χ1n) is 10.5. The molecule has 4 rings (SSSR count). The van der Waals surface area contributed by atoms with Crippen LogP contribution in [0.25, 0.3) is 11.0 Å². The lowest BCUT2D eigenvalue weighted by Crippen LogP contribution is -2.37. The molecular formula is C23H29FN2O3. The number of likely N-dealkylation sites (tertiary alicyclic amines) is 1. The summed E-state index contributed by atoms with van der Waals surface area (Å²) in [5.41, 5.74) is 2.44. The van der Waals surface area contributed by atoms with E-state index in [1.165, 1.54) is 12.1 Å². The molecule has 0 amide bonds. The second kappa shape index (κ2) is 8.57. The van der Waals surface area contributed by atoms with E-state index < -0.39 is 0 Å².